The fourth-order valence-corrected chi connectivity index (χ4v) is 9.82. The minimum atomic E-state index is 0.162. The fourth-order valence-electron chi connectivity index (χ4n) is 9.82. The van der Waals surface area contributed by atoms with Crippen LogP contribution >= 0.6 is 0 Å². The van der Waals surface area contributed by atoms with Gasteiger partial charge in [-0.25, -0.2) is 0 Å². The second kappa shape index (κ2) is 34.1. The Morgan fingerprint density at radius 2 is 0.608 bits per heavy atom. The van der Waals surface area contributed by atoms with Crippen molar-refractivity contribution in [1.29, 1.82) is 0 Å². The Morgan fingerprint density at radius 3 is 0.990 bits per heavy atom. The number of benzene rings is 9. The van der Waals surface area contributed by atoms with Crippen molar-refractivity contribution in [3.05, 3.63) is 224 Å². The minimum absolute atomic E-state index is 0.162. The van der Waals surface area contributed by atoms with Crippen LogP contribution in [0.1, 0.15) is 12.5 Å². The smallest absolute Gasteiger partial charge is 0.150 e. The number of terminal acetylenes is 3. The van der Waals surface area contributed by atoms with Gasteiger partial charge in [0.1, 0.15) is 47.9 Å². The molecule has 0 saturated heterocycles. The number of ether oxygens (including phenoxy) is 4. The van der Waals surface area contributed by atoms with E-state index in [4.69, 9.17) is 38.2 Å². The van der Waals surface area contributed by atoms with Crippen molar-refractivity contribution >= 4 is 0 Å². The molecule has 0 aliphatic heterocycles. The Hall–Kier alpha value is -15.3. The van der Waals surface area contributed by atoms with Gasteiger partial charge in [-0.1, -0.05) is 90.8 Å². The first kappa shape index (κ1) is 64.7. The minimum Gasteiger partial charge on any atom is -0.481 e. The molecule has 0 radical (unpaired) electrons. The Bertz CT molecular complexity index is 5520. The summed E-state index contributed by atoms with van der Waals surface area (Å²) in [6.07, 6.45) is 25.3. The maximum Gasteiger partial charge on any atom is 0.150 e. The van der Waals surface area contributed by atoms with Crippen molar-refractivity contribution in [2.45, 2.75) is 13.8 Å². The summed E-state index contributed by atoms with van der Waals surface area (Å²) in [6, 6.07) is 72.4. The third-order valence-electron chi connectivity index (χ3n) is 14.1. The standard InChI is InChI=1S/C92H47NO4/c1-6-10-14-18-22-28-53-94-88-44-36-71(37-45-88)79-61-80(72-38-46-89(47-39-72)95-54-29-23-19-15-11-7-2)64-84(63-79)86-67-83(78-58-70(5)57-77(60-78)75-33-32-34-76(59-75)92-35-26-27-52-93-92)68-87(69-86)85-65-81(73-40-48-90(49-41-73)96-55-30-24-20-16-12-8-3)62-82(66-85)74-42-50-91(51-43-74)97-56-31-25-21-17-13-9-4/h1-3,26-27,32-52,57-69H,56H2,4-5H3. The lowest BCUT2D eigenvalue weighted by atomic mass is 9.87. The summed E-state index contributed by atoms with van der Waals surface area (Å²) in [5.74, 6) is 64.1. The van der Waals surface area contributed by atoms with Crippen LogP contribution in [0.5, 0.6) is 23.0 Å². The molecule has 1 heterocycles. The van der Waals surface area contributed by atoms with Crippen LogP contribution in [0.15, 0.2) is 219 Å². The summed E-state index contributed by atoms with van der Waals surface area (Å²) in [4.78, 5) is 4.67. The summed E-state index contributed by atoms with van der Waals surface area (Å²) in [7, 11) is 0. The number of pyridine rings is 1. The molecular weight excluding hydrogens is 1180 g/mol. The zero-order valence-electron chi connectivity index (χ0n) is 52.3. The maximum absolute atomic E-state index is 6.02. The fraction of sp³-hybridized carbons (Fsp3) is 0.0326. The first-order valence-corrected chi connectivity index (χ1v) is 29.7. The first-order valence-electron chi connectivity index (χ1n) is 29.7. The van der Waals surface area contributed by atoms with Gasteiger partial charge in [0.05, 0.1) is 5.69 Å². The second-order valence-electron chi connectivity index (χ2n) is 20.5. The molecule has 0 atom stereocenters. The Kier molecular flexibility index (Phi) is 22.7. The van der Waals surface area contributed by atoms with Gasteiger partial charge in [0, 0.05) is 65.0 Å². The van der Waals surface area contributed by atoms with E-state index in [0.717, 1.165) is 106 Å². The summed E-state index contributed by atoms with van der Waals surface area (Å²) in [5.41, 5.74) is 18.5. The van der Waals surface area contributed by atoms with Crippen LogP contribution < -0.4 is 18.9 Å². The number of aryl methyl sites for hydroxylation is 1. The van der Waals surface area contributed by atoms with Gasteiger partial charge in [-0.2, -0.15) is 0 Å². The summed E-state index contributed by atoms with van der Waals surface area (Å²) < 4.78 is 23.3. The molecule has 10 aromatic rings. The lowest BCUT2D eigenvalue weighted by molar-refractivity contribution is 0.370. The first-order chi connectivity index (χ1) is 47.8. The zero-order valence-corrected chi connectivity index (χ0v) is 52.3. The quantitative estimate of drug-likeness (QED) is 0.102. The number of hydrogen-bond donors (Lipinski definition) is 0. The number of aromatic nitrogens is 1. The third-order valence-corrected chi connectivity index (χ3v) is 14.1. The van der Waals surface area contributed by atoms with Crippen LogP contribution in [-0.4, -0.2) is 11.6 Å². The number of hydrogen-bond acceptors (Lipinski definition) is 5. The highest BCUT2D eigenvalue weighted by Crippen LogP contribution is 2.42. The van der Waals surface area contributed by atoms with Crippen LogP contribution in [0, 0.1) is 187 Å². The van der Waals surface area contributed by atoms with Crippen molar-refractivity contribution in [2.24, 2.45) is 0 Å². The molecule has 97 heavy (non-hydrogen) atoms. The topological polar surface area (TPSA) is 49.8 Å². The van der Waals surface area contributed by atoms with Crippen molar-refractivity contribution in [1.82, 2.24) is 4.98 Å². The van der Waals surface area contributed by atoms with Gasteiger partial charge in [0.25, 0.3) is 0 Å². The van der Waals surface area contributed by atoms with Gasteiger partial charge in [-0.3, -0.25) is 4.98 Å². The van der Waals surface area contributed by atoms with E-state index in [2.05, 4.69) is 269 Å². The third kappa shape index (κ3) is 18.9. The molecule has 0 unspecified atom stereocenters. The molecule has 0 bridgehead atoms. The summed E-state index contributed by atoms with van der Waals surface area (Å²) in [6.45, 7) is 4.02. The van der Waals surface area contributed by atoms with E-state index in [1.807, 2.05) is 121 Å². The lowest BCUT2D eigenvalue weighted by Crippen LogP contribution is -1.93. The molecule has 0 spiro atoms. The van der Waals surface area contributed by atoms with E-state index in [0.29, 0.717) is 23.0 Å². The highest BCUT2D eigenvalue weighted by Gasteiger charge is 2.16. The van der Waals surface area contributed by atoms with Crippen molar-refractivity contribution < 1.29 is 18.9 Å². The predicted octanol–water partition coefficient (Wildman–Crippen LogP) is 16.7. The van der Waals surface area contributed by atoms with Crippen LogP contribution in [0.4, 0.5) is 0 Å². The molecule has 9 aromatic carbocycles. The van der Waals surface area contributed by atoms with Crippen molar-refractivity contribution in [3.63, 3.8) is 0 Å². The molecule has 0 N–H and O–H groups in total. The zero-order chi connectivity index (χ0) is 67.1. The van der Waals surface area contributed by atoms with Crippen molar-refractivity contribution in [2.75, 3.05) is 6.61 Å². The molecule has 5 heteroatoms. The van der Waals surface area contributed by atoms with Crippen molar-refractivity contribution in [3.8, 4) is 303 Å². The van der Waals surface area contributed by atoms with Gasteiger partial charge in [-0.15, -0.1) is 19.3 Å². The largest absolute Gasteiger partial charge is 0.481 e. The van der Waals surface area contributed by atoms with Gasteiger partial charge >= 0.3 is 0 Å². The average molecular weight is 1230 g/mol. The van der Waals surface area contributed by atoms with E-state index < -0.39 is 0 Å². The van der Waals surface area contributed by atoms with Gasteiger partial charge in [-0.05, 0) is 319 Å². The number of rotatable bonds is 14. The predicted molar refractivity (Wildman–Crippen MR) is 391 cm³/mol. The molecule has 0 amide bonds. The van der Waals surface area contributed by atoms with E-state index >= 15 is 0 Å². The van der Waals surface area contributed by atoms with E-state index in [1.54, 1.807) is 6.92 Å². The van der Waals surface area contributed by atoms with Crippen LogP contribution in [0.3, 0.4) is 0 Å². The van der Waals surface area contributed by atoms with Gasteiger partial charge < -0.3 is 18.9 Å². The Balaban J connectivity index is 1.14. The van der Waals surface area contributed by atoms with E-state index in [1.165, 1.54) is 0 Å². The highest BCUT2D eigenvalue weighted by atomic mass is 16.5. The van der Waals surface area contributed by atoms with Gasteiger partial charge in [0.15, 0.2) is 0 Å². The summed E-state index contributed by atoms with van der Waals surface area (Å²) >= 11 is 0. The van der Waals surface area contributed by atoms with E-state index in [9.17, 15) is 0 Å². The van der Waals surface area contributed by atoms with Gasteiger partial charge in [0.2, 0.25) is 0 Å². The lowest BCUT2D eigenvalue weighted by Gasteiger charge is -2.17. The highest BCUT2D eigenvalue weighted by molar-refractivity contribution is 5.90. The second-order valence-corrected chi connectivity index (χ2v) is 20.5. The molecule has 5 nitrogen and oxygen atoms in total. The molecule has 0 aliphatic carbocycles. The molecule has 0 fully saturated rings. The molecule has 10 rings (SSSR count). The Labute approximate surface area is 568 Å². The molecule has 1 aromatic heterocycles. The summed E-state index contributed by atoms with van der Waals surface area (Å²) in [5, 5.41) is 0. The average Bonchev–Trinajstić information content (AvgIpc) is 0.800. The monoisotopic (exact) mass is 1230 g/mol. The molecular formula is C92H47NO4. The molecule has 0 aliphatic rings. The number of nitrogens with zero attached hydrogens (tertiary/aromatic N) is 1. The normalized spacial score (nSPS) is 8.98. The molecule has 444 valence electrons. The SMILES string of the molecule is C#CC#CC#CC#COc1ccc(-c2cc(-c3ccc(OC#CC#CC#CC#C)cc3)cc(-c3cc(-c4cc(C)cc(-c5cccc(-c6ccccn6)c5)c4)cc(-c4cc(-c5ccc(OC#CC#CC#CC#C)cc5)cc(-c5ccc(OCC#CC#CC#CC)cc5)c4)c3)c2)cc1. The van der Waals surface area contributed by atoms with Crippen LogP contribution in [-0.2, 0) is 0 Å². The van der Waals surface area contributed by atoms with Crippen LogP contribution in [0.2, 0.25) is 0 Å². The maximum atomic E-state index is 6.02. The molecule has 0 saturated carbocycles. The Morgan fingerprint density at radius 1 is 0.289 bits per heavy atom. The van der Waals surface area contributed by atoms with E-state index in [-0.39, 0.29) is 6.61 Å². The van der Waals surface area contributed by atoms with Crippen LogP contribution in [0.25, 0.3) is 100 Å².